The fourth-order valence-corrected chi connectivity index (χ4v) is 4.65. The second kappa shape index (κ2) is 9.83. The fraction of sp³-hybridized carbons (Fsp3) is 0.292. The number of amides is 1. The van der Waals surface area contributed by atoms with Gasteiger partial charge in [0.2, 0.25) is 5.91 Å². The van der Waals surface area contributed by atoms with Crippen molar-refractivity contribution in [3.05, 3.63) is 66.4 Å². The van der Waals surface area contributed by atoms with E-state index in [4.69, 9.17) is 4.74 Å². The second-order valence-corrected chi connectivity index (χ2v) is 8.13. The first kappa shape index (κ1) is 21.2. The van der Waals surface area contributed by atoms with E-state index in [-0.39, 0.29) is 5.91 Å². The average molecular weight is 435 g/mol. The third-order valence-corrected chi connectivity index (χ3v) is 6.22. The van der Waals surface area contributed by atoms with Gasteiger partial charge in [-0.25, -0.2) is 0 Å². The zero-order chi connectivity index (χ0) is 21.6. The summed E-state index contributed by atoms with van der Waals surface area (Å²) in [7, 11) is 1.65. The number of nitrogens with zero attached hydrogens (tertiary/aromatic N) is 4. The Hall–Kier alpha value is -3.06. The van der Waals surface area contributed by atoms with E-state index in [2.05, 4.69) is 16.3 Å². The van der Waals surface area contributed by atoms with Crippen LogP contribution in [0.25, 0.3) is 17.1 Å². The van der Waals surface area contributed by atoms with Gasteiger partial charge in [-0.15, -0.1) is 10.2 Å². The van der Waals surface area contributed by atoms with Crippen LogP contribution in [0.3, 0.4) is 0 Å². The van der Waals surface area contributed by atoms with E-state index in [1.807, 2.05) is 71.0 Å². The average Bonchev–Trinajstić information content (AvgIpc) is 3.49. The normalized spacial score (nSPS) is 13.2. The number of methoxy groups -OCH3 is 1. The third kappa shape index (κ3) is 4.51. The molecule has 1 aliphatic rings. The topological polar surface area (TPSA) is 60.3 Å². The van der Waals surface area contributed by atoms with Crippen LogP contribution in [0, 0.1) is 0 Å². The molecule has 1 heterocycles. The maximum absolute atomic E-state index is 12.9. The van der Waals surface area contributed by atoms with Gasteiger partial charge in [-0.05, 0) is 50.5 Å². The van der Waals surface area contributed by atoms with Gasteiger partial charge in [0.05, 0.1) is 18.4 Å². The first-order chi connectivity index (χ1) is 15.2. The number of carbonyl (C=O) groups excluding carboxylic acids is 1. The summed E-state index contributed by atoms with van der Waals surface area (Å²) in [6, 6.07) is 17.7. The number of carbonyl (C=O) groups is 1. The van der Waals surface area contributed by atoms with Gasteiger partial charge in [-0.3, -0.25) is 9.36 Å². The molecule has 0 saturated carbocycles. The van der Waals surface area contributed by atoms with Crippen molar-refractivity contribution in [2.75, 3.05) is 19.4 Å². The quantitative estimate of drug-likeness (QED) is 0.470. The number of benzene rings is 2. The number of rotatable bonds is 8. The molecule has 0 radical (unpaired) electrons. The third-order valence-electron chi connectivity index (χ3n) is 5.30. The summed E-state index contributed by atoms with van der Waals surface area (Å²) in [6.07, 6.45) is 5.33. The van der Waals surface area contributed by atoms with Crippen molar-refractivity contribution in [2.45, 2.75) is 31.3 Å². The van der Waals surface area contributed by atoms with Crippen LogP contribution < -0.4 is 4.74 Å². The van der Waals surface area contributed by atoms with E-state index in [9.17, 15) is 4.79 Å². The lowest BCUT2D eigenvalue weighted by molar-refractivity contribution is -0.126. The Kier molecular flexibility index (Phi) is 6.72. The monoisotopic (exact) mass is 434 g/mol. The molecule has 1 aliphatic carbocycles. The standard InChI is InChI=1S/C24H26N4O2S/c1-3-27(18-11-7-8-12-18)22(29)17-31-24-26-25-23(20-15-9-10-16-21(20)30-2)28(24)19-13-5-4-6-14-19/h4-6,9-11,13-16H,3,7-8,12,17H2,1-2H3. The van der Waals surface area contributed by atoms with Gasteiger partial charge >= 0.3 is 0 Å². The maximum Gasteiger partial charge on any atom is 0.237 e. The Bertz CT molecular complexity index is 1080. The predicted octanol–water partition coefficient (Wildman–Crippen LogP) is 4.95. The molecule has 2 aromatic carbocycles. The number of ether oxygens (including phenoxy) is 1. The molecule has 7 heteroatoms. The Balaban J connectivity index is 1.65. The highest BCUT2D eigenvalue weighted by atomic mass is 32.2. The Morgan fingerprint density at radius 2 is 1.90 bits per heavy atom. The van der Waals surface area contributed by atoms with Gasteiger partial charge in [0.15, 0.2) is 11.0 Å². The van der Waals surface area contributed by atoms with E-state index >= 15 is 0 Å². The predicted molar refractivity (Wildman–Crippen MR) is 123 cm³/mol. The molecule has 0 fully saturated rings. The SMILES string of the molecule is CCN(C(=O)CSc1nnc(-c2ccccc2OC)n1-c1ccccc1)C1=CCCC1. The lowest BCUT2D eigenvalue weighted by Crippen LogP contribution is -2.31. The highest BCUT2D eigenvalue weighted by Crippen LogP contribution is 2.33. The minimum Gasteiger partial charge on any atom is -0.496 e. The molecule has 0 unspecified atom stereocenters. The van der Waals surface area contributed by atoms with E-state index in [1.165, 1.54) is 11.8 Å². The molecule has 31 heavy (non-hydrogen) atoms. The Morgan fingerprint density at radius 3 is 2.61 bits per heavy atom. The Morgan fingerprint density at radius 1 is 1.13 bits per heavy atom. The minimum atomic E-state index is 0.0992. The molecule has 6 nitrogen and oxygen atoms in total. The van der Waals surface area contributed by atoms with Crippen molar-refractivity contribution >= 4 is 17.7 Å². The zero-order valence-corrected chi connectivity index (χ0v) is 18.6. The number of thioether (sulfide) groups is 1. The molecule has 4 rings (SSSR count). The summed E-state index contributed by atoms with van der Waals surface area (Å²) in [4.78, 5) is 14.8. The van der Waals surface area contributed by atoms with Crippen molar-refractivity contribution in [1.29, 1.82) is 0 Å². The number of hydrogen-bond donors (Lipinski definition) is 0. The first-order valence-electron chi connectivity index (χ1n) is 10.5. The maximum atomic E-state index is 12.9. The van der Waals surface area contributed by atoms with Gasteiger partial charge in [-0.1, -0.05) is 48.2 Å². The molecule has 3 aromatic rings. The van der Waals surface area contributed by atoms with E-state index < -0.39 is 0 Å². The fourth-order valence-electron chi connectivity index (χ4n) is 3.82. The molecule has 0 atom stereocenters. The summed E-state index contributed by atoms with van der Waals surface area (Å²) in [5, 5.41) is 9.58. The van der Waals surface area contributed by atoms with Gasteiger partial charge in [0.25, 0.3) is 0 Å². The molecular weight excluding hydrogens is 408 g/mol. The van der Waals surface area contributed by atoms with Crippen LogP contribution in [0.2, 0.25) is 0 Å². The summed E-state index contributed by atoms with van der Waals surface area (Å²) in [5.74, 6) is 1.82. The van der Waals surface area contributed by atoms with E-state index in [1.54, 1.807) is 7.11 Å². The van der Waals surface area contributed by atoms with Gasteiger partial charge in [-0.2, -0.15) is 0 Å². The lowest BCUT2D eigenvalue weighted by Gasteiger charge is -2.22. The summed E-state index contributed by atoms with van der Waals surface area (Å²) in [6.45, 7) is 2.71. The molecule has 0 N–H and O–H groups in total. The van der Waals surface area contributed by atoms with Gasteiger partial charge in [0, 0.05) is 17.9 Å². The van der Waals surface area contributed by atoms with Gasteiger partial charge in [0.1, 0.15) is 5.75 Å². The van der Waals surface area contributed by atoms with Crippen molar-refractivity contribution in [2.24, 2.45) is 0 Å². The molecular formula is C24H26N4O2S. The van der Waals surface area contributed by atoms with Crippen molar-refractivity contribution in [3.8, 4) is 22.8 Å². The summed E-state index contributed by atoms with van der Waals surface area (Å²) < 4.78 is 7.53. The van der Waals surface area contributed by atoms with Crippen molar-refractivity contribution in [3.63, 3.8) is 0 Å². The minimum absolute atomic E-state index is 0.0992. The van der Waals surface area contributed by atoms with Crippen LogP contribution in [-0.4, -0.2) is 45.0 Å². The smallest absolute Gasteiger partial charge is 0.237 e. The molecule has 0 bridgehead atoms. The highest BCUT2D eigenvalue weighted by molar-refractivity contribution is 7.99. The Labute approximate surface area is 186 Å². The van der Waals surface area contributed by atoms with Crippen LogP contribution in [0.15, 0.2) is 71.5 Å². The van der Waals surface area contributed by atoms with Crippen LogP contribution in [-0.2, 0) is 4.79 Å². The van der Waals surface area contributed by atoms with Gasteiger partial charge < -0.3 is 9.64 Å². The number of hydrogen-bond acceptors (Lipinski definition) is 5. The summed E-state index contributed by atoms with van der Waals surface area (Å²) in [5.41, 5.74) is 2.94. The van der Waals surface area contributed by atoms with Crippen LogP contribution in [0.4, 0.5) is 0 Å². The summed E-state index contributed by atoms with van der Waals surface area (Å²) >= 11 is 1.41. The number of allylic oxidation sites excluding steroid dienone is 2. The molecule has 0 saturated heterocycles. The molecule has 0 spiro atoms. The lowest BCUT2D eigenvalue weighted by atomic mass is 10.2. The zero-order valence-electron chi connectivity index (χ0n) is 17.8. The molecule has 1 aromatic heterocycles. The highest BCUT2D eigenvalue weighted by Gasteiger charge is 2.22. The van der Waals surface area contributed by atoms with Crippen molar-refractivity contribution < 1.29 is 9.53 Å². The number of aromatic nitrogens is 3. The largest absolute Gasteiger partial charge is 0.496 e. The van der Waals surface area contributed by atoms with Crippen LogP contribution in [0.1, 0.15) is 26.2 Å². The first-order valence-corrected chi connectivity index (χ1v) is 11.5. The van der Waals surface area contributed by atoms with E-state index in [0.717, 1.165) is 42.0 Å². The molecule has 1 amide bonds. The second-order valence-electron chi connectivity index (χ2n) is 7.19. The van der Waals surface area contributed by atoms with Crippen LogP contribution in [0.5, 0.6) is 5.75 Å². The number of para-hydroxylation sites is 2. The van der Waals surface area contributed by atoms with Crippen LogP contribution >= 0.6 is 11.8 Å². The van der Waals surface area contributed by atoms with E-state index in [0.29, 0.717) is 23.3 Å². The molecule has 0 aliphatic heterocycles. The molecule has 160 valence electrons. The van der Waals surface area contributed by atoms with Crippen molar-refractivity contribution in [1.82, 2.24) is 19.7 Å².